The number of rotatable bonds is 6. The first-order chi connectivity index (χ1) is 13.5. The third-order valence-electron chi connectivity index (χ3n) is 3.91. The van der Waals surface area contributed by atoms with Crippen molar-refractivity contribution in [2.45, 2.75) is 6.61 Å². The van der Waals surface area contributed by atoms with Crippen molar-refractivity contribution in [3.05, 3.63) is 86.9 Å². The fourth-order valence-electron chi connectivity index (χ4n) is 2.53. The summed E-state index contributed by atoms with van der Waals surface area (Å²) in [6, 6.07) is 17.1. The van der Waals surface area contributed by atoms with Crippen LogP contribution in [-0.2, 0) is 6.61 Å². The van der Waals surface area contributed by atoms with Crippen molar-refractivity contribution >= 4 is 46.4 Å². The molecular weight excluding hydrogens is 421 g/mol. The summed E-state index contributed by atoms with van der Waals surface area (Å²) in [6.45, 7) is 0.220. The number of halogens is 3. The summed E-state index contributed by atoms with van der Waals surface area (Å²) < 4.78 is 11.1. The molecule has 0 spiro atoms. The second-order valence-electron chi connectivity index (χ2n) is 5.86. The van der Waals surface area contributed by atoms with E-state index in [1.807, 2.05) is 0 Å². The topological polar surface area (TPSA) is 47.6 Å². The van der Waals surface area contributed by atoms with Gasteiger partial charge < -0.3 is 14.8 Å². The molecule has 0 atom stereocenters. The van der Waals surface area contributed by atoms with Crippen LogP contribution in [0.3, 0.4) is 0 Å². The maximum atomic E-state index is 12.6. The lowest BCUT2D eigenvalue weighted by Gasteiger charge is -2.13. The number of hydrogen-bond donors (Lipinski definition) is 1. The van der Waals surface area contributed by atoms with E-state index in [1.165, 1.54) is 0 Å². The van der Waals surface area contributed by atoms with Gasteiger partial charge in [-0.3, -0.25) is 4.79 Å². The van der Waals surface area contributed by atoms with Gasteiger partial charge in [-0.15, -0.1) is 0 Å². The van der Waals surface area contributed by atoms with Crippen molar-refractivity contribution in [1.29, 1.82) is 0 Å². The highest BCUT2D eigenvalue weighted by atomic mass is 35.5. The van der Waals surface area contributed by atoms with E-state index in [1.54, 1.807) is 67.8 Å². The van der Waals surface area contributed by atoms with Crippen LogP contribution in [0.2, 0.25) is 15.1 Å². The molecule has 0 heterocycles. The second kappa shape index (κ2) is 9.20. The molecule has 1 N–H and O–H groups in total. The Kier molecular flexibility index (Phi) is 6.68. The molecule has 1 amide bonds. The van der Waals surface area contributed by atoms with E-state index in [4.69, 9.17) is 44.3 Å². The van der Waals surface area contributed by atoms with Gasteiger partial charge in [0.15, 0.2) is 0 Å². The predicted octanol–water partition coefficient (Wildman–Crippen LogP) is 6.49. The number of nitrogens with one attached hydrogen (secondary N) is 1. The van der Waals surface area contributed by atoms with Gasteiger partial charge in [0.25, 0.3) is 5.91 Å². The molecule has 144 valence electrons. The predicted molar refractivity (Wildman–Crippen MR) is 113 cm³/mol. The molecule has 0 aliphatic rings. The highest BCUT2D eigenvalue weighted by Gasteiger charge is 2.12. The first-order valence-corrected chi connectivity index (χ1v) is 9.41. The summed E-state index contributed by atoms with van der Waals surface area (Å²) in [5.41, 5.74) is 1.73. The van der Waals surface area contributed by atoms with Crippen molar-refractivity contribution in [1.82, 2.24) is 0 Å². The first-order valence-electron chi connectivity index (χ1n) is 8.28. The quantitative estimate of drug-likeness (QED) is 0.480. The summed E-state index contributed by atoms with van der Waals surface area (Å²) in [7, 11) is 1.56. The van der Waals surface area contributed by atoms with E-state index in [0.717, 1.165) is 5.56 Å². The highest BCUT2D eigenvalue weighted by molar-refractivity contribution is 6.42. The number of carbonyl (C=O) groups excluding carboxylic acids is 1. The van der Waals surface area contributed by atoms with E-state index in [0.29, 0.717) is 37.8 Å². The smallest absolute Gasteiger partial charge is 0.255 e. The number of benzene rings is 3. The number of hydrogen-bond acceptors (Lipinski definition) is 3. The van der Waals surface area contributed by atoms with Gasteiger partial charge in [-0.1, -0.05) is 40.9 Å². The van der Waals surface area contributed by atoms with Crippen molar-refractivity contribution < 1.29 is 14.3 Å². The number of carbonyl (C=O) groups is 1. The van der Waals surface area contributed by atoms with E-state index < -0.39 is 0 Å². The molecular formula is C21H16Cl3NO3. The van der Waals surface area contributed by atoms with Crippen LogP contribution in [0.5, 0.6) is 11.5 Å². The molecule has 28 heavy (non-hydrogen) atoms. The van der Waals surface area contributed by atoms with Crippen LogP contribution in [0.1, 0.15) is 15.9 Å². The van der Waals surface area contributed by atoms with Gasteiger partial charge in [0.2, 0.25) is 0 Å². The van der Waals surface area contributed by atoms with Gasteiger partial charge in [-0.2, -0.15) is 0 Å². The third-order valence-corrected chi connectivity index (χ3v) is 4.88. The van der Waals surface area contributed by atoms with Crippen LogP contribution >= 0.6 is 34.8 Å². The molecule has 0 bridgehead atoms. The Hall–Kier alpha value is -2.40. The van der Waals surface area contributed by atoms with E-state index in [9.17, 15) is 4.79 Å². The minimum Gasteiger partial charge on any atom is -0.496 e. The van der Waals surface area contributed by atoms with E-state index in [2.05, 4.69) is 5.32 Å². The summed E-state index contributed by atoms with van der Waals surface area (Å²) in [5.74, 6) is 0.957. The van der Waals surface area contributed by atoms with Gasteiger partial charge in [-0.25, -0.2) is 0 Å². The lowest BCUT2D eigenvalue weighted by Crippen LogP contribution is -2.13. The van der Waals surface area contributed by atoms with E-state index in [-0.39, 0.29) is 12.5 Å². The van der Waals surface area contributed by atoms with Gasteiger partial charge in [0.05, 0.1) is 17.2 Å². The van der Waals surface area contributed by atoms with Crippen LogP contribution in [0.15, 0.2) is 60.7 Å². The van der Waals surface area contributed by atoms with Gasteiger partial charge in [0, 0.05) is 21.8 Å². The monoisotopic (exact) mass is 435 g/mol. The molecule has 4 nitrogen and oxygen atoms in total. The van der Waals surface area contributed by atoms with Crippen LogP contribution in [0.4, 0.5) is 5.69 Å². The fourth-order valence-corrected chi connectivity index (χ4v) is 3.01. The van der Waals surface area contributed by atoms with Gasteiger partial charge in [0.1, 0.15) is 18.1 Å². The van der Waals surface area contributed by atoms with Crippen LogP contribution in [0, 0.1) is 0 Å². The Bertz CT molecular complexity index is 1010. The number of methoxy groups -OCH3 is 1. The summed E-state index contributed by atoms with van der Waals surface area (Å²) in [6.07, 6.45) is 0. The van der Waals surface area contributed by atoms with Crippen LogP contribution in [-0.4, -0.2) is 13.0 Å². The Labute approximate surface area is 177 Å². The molecule has 0 aliphatic carbocycles. The molecule has 0 aromatic heterocycles. The van der Waals surface area contributed by atoms with Crippen molar-refractivity contribution in [3.8, 4) is 11.5 Å². The van der Waals surface area contributed by atoms with Crippen molar-refractivity contribution in [3.63, 3.8) is 0 Å². The molecule has 0 saturated carbocycles. The van der Waals surface area contributed by atoms with Crippen molar-refractivity contribution in [2.75, 3.05) is 12.4 Å². The zero-order valence-electron chi connectivity index (χ0n) is 14.8. The molecule has 0 fully saturated rings. The molecule has 3 aromatic carbocycles. The van der Waals surface area contributed by atoms with Gasteiger partial charge in [-0.05, 0) is 54.6 Å². The Morgan fingerprint density at radius 1 is 0.964 bits per heavy atom. The normalized spacial score (nSPS) is 10.4. The molecule has 0 saturated heterocycles. The second-order valence-corrected chi connectivity index (χ2v) is 7.11. The lowest BCUT2D eigenvalue weighted by atomic mass is 10.1. The first kappa shape index (κ1) is 20.3. The zero-order valence-corrected chi connectivity index (χ0v) is 17.1. The van der Waals surface area contributed by atoms with E-state index >= 15 is 0 Å². The maximum Gasteiger partial charge on any atom is 0.255 e. The number of ether oxygens (including phenoxy) is 2. The van der Waals surface area contributed by atoms with Crippen LogP contribution in [0.25, 0.3) is 0 Å². The minimum atomic E-state index is -0.287. The molecule has 3 rings (SSSR count). The lowest BCUT2D eigenvalue weighted by molar-refractivity contribution is 0.102. The Balaban J connectivity index is 1.77. The maximum absolute atomic E-state index is 12.6. The van der Waals surface area contributed by atoms with Gasteiger partial charge >= 0.3 is 0 Å². The number of amides is 1. The summed E-state index contributed by atoms with van der Waals surface area (Å²) in [5, 5.41) is 4.16. The number of anilines is 1. The summed E-state index contributed by atoms with van der Waals surface area (Å²) >= 11 is 17.9. The largest absolute Gasteiger partial charge is 0.496 e. The minimum absolute atomic E-state index is 0.220. The SMILES string of the molecule is COc1ccc(C(=O)Nc2ccc(Cl)c(Cl)c2)cc1COc1cccc(Cl)c1. The molecule has 7 heteroatoms. The highest BCUT2D eigenvalue weighted by Crippen LogP contribution is 2.27. The molecule has 0 unspecified atom stereocenters. The standard InChI is InChI=1S/C21H16Cl3NO3/c1-27-20-8-5-13(21(26)25-16-6-7-18(23)19(24)11-16)9-14(20)12-28-17-4-2-3-15(22)10-17/h2-11H,12H2,1H3,(H,25,26). The molecule has 0 aliphatic heterocycles. The average Bonchev–Trinajstić information content (AvgIpc) is 2.69. The molecule has 0 radical (unpaired) electrons. The average molecular weight is 437 g/mol. The zero-order chi connectivity index (χ0) is 20.1. The Morgan fingerprint density at radius 2 is 1.79 bits per heavy atom. The van der Waals surface area contributed by atoms with Crippen LogP contribution < -0.4 is 14.8 Å². The third kappa shape index (κ3) is 5.10. The fraction of sp³-hybridized carbons (Fsp3) is 0.0952. The summed E-state index contributed by atoms with van der Waals surface area (Å²) in [4.78, 5) is 12.6. The molecule has 3 aromatic rings. The van der Waals surface area contributed by atoms with Crippen molar-refractivity contribution in [2.24, 2.45) is 0 Å². The Morgan fingerprint density at radius 3 is 2.50 bits per heavy atom.